The maximum atomic E-state index is 14.5. The number of alkyl halides is 3. The molecule has 54 heavy (non-hydrogen) atoms. The molecule has 1 saturated heterocycles. The van der Waals surface area contributed by atoms with E-state index in [-0.39, 0.29) is 42.9 Å². The highest BCUT2D eigenvalue weighted by molar-refractivity contribution is 6.07. The van der Waals surface area contributed by atoms with Gasteiger partial charge in [-0.25, -0.2) is 19.9 Å². The smallest absolute Gasteiger partial charge is 0.433 e. The Kier molecular flexibility index (Phi) is 8.69. The van der Waals surface area contributed by atoms with Crippen LogP contribution in [0.1, 0.15) is 71.4 Å². The molecule has 1 aromatic carbocycles. The largest absolute Gasteiger partial charge is 0.477 e. The van der Waals surface area contributed by atoms with Crippen molar-refractivity contribution in [2.45, 2.75) is 84.1 Å². The molecular weight excluding hydrogens is 701 g/mol. The molecule has 0 unspecified atom stereocenters. The van der Waals surface area contributed by atoms with E-state index in [0.717, 1.165) is 41.3 Å². The normalized spacial score (nSPS) is 21.3. The average molecular weight is 739 g/mol. The van der Waals surface area contributed by atoms with E-state index in [9.17, 15) is 27.6 Å². The van der Waals surface area contributed by atoms with Crippen LogP contribution in [0.4, 0.5) is 19.0 Å². The van der Waals surface area contributed by atoms with Crippen LogP contribution in [-0.2, 0) is 35.2 Å². The summed E-state index contributed by atoms with van der Waals surface area (Å²) < 4.78 is 48.4. The predicted molar refractivity (Wildman–Crippen MR) is 191 cm³/mol. The van der Waals surface area contributed by atoms with Crippen molar-refractivity contribution in [1.82, 2.24) is 34.6 Å². The zero-order valence-corrected chi connectivity index (χ0v) is 29.9. The molecule has 5 aromatic rings. The van der Waals surface area contributed by atoms with Gasteiger partial charge in [0.05, 0.1) is 12.1 Å². The summed E-state index contributed by atoms with van der Waals surface area (Å²) in [6.07, 6.45) is 2.43. The molecule has 0 radical (unpaired) electrons. The van der Waals surface area contributed by atoms with Gasteiger partial charge in [0.15, 0.2) is 5.78 Å². The minimum Gasteiger partial charge on any atom is -0.477 e. The van der Waals surface area contributed by atoms with Crippen LogP contribution < -0.4 is 10.1 Å². The number of amides is 2. The van der Waals surface area contributed by atoms with E-state index in [4.69, 9.17) is 14.8 Å². The van der Waals surface area contributed by atoms with Gasteiger partial charge in [-0.2, -0.15) is 18.3 Å². The highest BCUT2D eigenvalue weighted by Gasteiger charge is 2.67. The van der Waals surface area contributed by atoms with Gasteiger partial charge in [0, 0.05) is 53.5 Å². The predicted octanol–water partition coefficient (Wildman–Crippen LogP) is 6.08. The zero-order chi connectivity index (χ0) is 37.9. The molecule has 1 N–H and O–H groups in total. The van der Waals surface area contributed by atoms with Crippen LogP contribution >= 0.6 is 0 Å². The Bertz CT molecular complexity index is 2330. The standard InChI is InChI=1S/C39H37F3N8O4/c1-21-11-12-30(39(40,41)42)46-36(21)47-37(53)29-15-38-16-31(38)50(29)33(52)19-49-35-24(7-4-5-8-27-9-6-10-32(45-27)54-20-38)13-25(26-17-43-23(3)44-18-26)14-28(35)34(48-49)22(2)51/h6,9-14,17-18,29,31H,4-5,7-8,15-16,19-20H2,1-3H3,(H,46,47,53)/t29-,31+,38-/m0/s1. The molecule has 12 nitrogen and oxygen atoms in total. The number of aryl methyl sites for hydroxylation is 4. The number of rotatable bonds is 4. The number of nitrogens with one attached hydrogen (secondary N) is 1. The fraction of sp³-hybridized carbons (Fsp3) is 0.385. The average Bonchev–Trinajstić information content (AvgIpc) is 3.54. The van der Waals surface area contributed by atoms with Crippen molar-refractivity contribution >= 4 is 34.3 Å². The molecule has 2 fully saturated rings. The van der Waals surface area contributed by atoms with E-state index in [1.54, 1.807) is 37.0 Å². The first-order valence-electron chi connectivity index (χ1n) is 17.9. The summed E-state index contributed by atoms with van der Waals surface area (Å²) in [7, 11) is 0. The molecule has 1 saturated carbocycles. The summed E-state index contributed by atoms with van der Waals surface area (Å²) in [5.41, 5.74) is 2.80. The molecule has 15 heteroatoms. The van der Waals surface area contributed by atoms with Crippen LogP contribution in [0.3, 0.4) is 0 Å². The maximum absolute atomic E-state index is 14.5. The number of ether oxygens (including phenoxy) is 1. The number of pyridine rings is 2. The first kappa shape index (κ1) is 35.3. The van der Waals surface area contributed by atoms with Crippen LogP contribution in [0.25, 0.3) is 22.0 Å². The summed E-state index contributed by atoms with van der Waals surface area (Å²) in [5, 5.41) is 7.87. The first-order chi connectivity index (χ1) is 25.8. The monoisotopic (exact) mass is 738 g/mol. The molecule has 2 amide bonds. The molecule has 6 heterocycles. The number of carbonyl (C=O) groups excluding carboxylic acids is 3. The SMILES string of the molecule is CC(=O)c1nn2c3c(cc(-c4cnc(C)nc4)cc13)CCCCc1cccc(n1)OC[C@@]13C[C@@H](C(=O)Nc4nc(C(F)(F)F)ccc4C)N(C(=O)C2)[C@@H]1C3. The number of nitrogens with zero attached hydrogens (tertiary/aromatic N) is 7. The topological polar surface area (TPSA) is 145 Å². The van der Waals surface area contributed by atoms with Crippen LogP contribution in [-0.4, -0.2) is 70.9 Å². The van der Waals surface area contributed by atoms with E-state index in [2.05, 4.69) is 20.3 Å². The summed E-state index contributed by atoms with van der Waals surface area (Å²) in [6, 6.07) is 10.2. The summed E-state index contributed by atoms with van der Waals surface area (Å²) in [6.45, 7) is 4.70. The number of hydrogen-bond donors (Lipinski definition) is 1. The zero-order valence-electron chi connectivity index (χ0n) is 29.9. The van der Waals surface area contributed by atoms with Gasteiger partial charge >= 0.3 is 6.18 Å². The minimum absolute atomic E-state index is 0.192. The highest BCUT2D eigenvalue weighted by Crippen LogP contribution is 2.60. The van der Waals surface area contributed by atoms with E-state index in [0.29, 0.717) is 47.4 Å². The number of halogens is 3. The van der Waals surface area contributed by atoms with Crippen molar-refractivity contribution in [1.29, 1.82) is 0 Å². The number of hydrogen-bond acceptors (Lipinski definition) is 9. The maximum Gasteiger partial charge on any atom is 0.433 e. The number of ketones is 1. The first-order valence-corrected chi connectivity index (χ1v) is 17.9. The molecule has 0 spiro atoms. The molecule has 4 bridgehead atoms. The molecule has 8 rings (SSSR count). The Morgan fingerprint density at radius 3 is 2.52 bits per heavy atom. The van der Waals surface area contributed by atoms with E-state index < -0.39 is 35.1 Å². The Hall–Kier alpha value is -5.73. The summed E-state index contributed by atoms with van der Waals surface area (Å²) in [5.74, 6) is -0.509. The number of benzene rings is 1. The molecule has 1 aliphatic carbocycles. The lowest BCUT2D eigenvalue weighted by Gasteiger charge is -2.27. The molecule has 3 atom stereocenters. The lowest BCUT2D eigenvalue weighted by molar-refractivity contribution is -0.141. The van der Waals surface area contributed by atoms with Crippen molar-refractivity contribution in [2.24, 2.45) is 5.41 Å². The van der Waals surface area contributed by atoms with Gasteiger partial charge in [-0.3, -0.25) is 19.1 Å². The van der Waals surface area contributed by atoms with Crippen LogP contribution in [0.5, 0.6) is 5.88 Å². The molecular formula is C39H37F3N8O4. The van der Waals surface area contributed by atoms with Crippen LogP contribution in [0, 0.1) is 19.3 Å². The summed E-state index contributed by atoms with van der Waals surface area (Å²) >= 11 is 0. The van der Waals surface area contributed by atoms with Gasteiger partial charge in [-0.05, 0) is 93.3 Å². The number of fused-ring (bicyclic) bond motifs is 2. The molecule has 3 aliphatic rings. The van der Waals surface area contributed by atoms with E-state index in [1.807, 2.05) is 24.3 Å². The second-order valence-electron chi connectivity index (χ2n) is 14.5. The highest BCUT2D eigenvalue weighted by atomic mass is 19.4. The lowest BCUT2D eigenvalue weighted by Crippen LogP contribution is -2.47. The van der Waals surface area contributed by atoms with E-state index in [1.165, 1.54) is 17.9 Å². The fourth-order valence-corrected chi connectivity index (χ4v) is 7.84. The molecule has 4 aromatic heterocycles. The molecule has 278 valence electrons. The van der Waals surface area contributed by atoms with Gasteiger partial charge in [0.1, 0.15) is 35.6 Å². The lowest BCUT2D eigenvalue weighted by atomic mass is 9.96. The third kappa shape index (κ3) is 6.56. The Balaban J connectivity index is 1.20. The van der Waals surface area contributed by atoms with E-state index >= 15 is 0 Å². The van der Waals surface area contributed by atoms with Gasteiger partial charge in [0.25, 0.3) is 0 Å². The van der Waals surface area contributed by atoms with Crippen molar-refractivity contribution in [3.8, 4) is 17.0 Å². The van der Waals surface area contributed by atoms with Gasteiger partial charge in [0.2, 0.25) is 17.7 Å². The van der Waals surface area contributed by atoms with Crippen LogP contribution in [0.2, 0.25) is 0 Å². The number of carbonyl (C=O) groups is 3. The number of piperidine rings is 1. The van der Waals surface area contributed by atoms with Crippen molar-refractivity contribution in [3.05, 3.63) is 88.9 Å². The molecule has 2 aliphatic heterocycles. The van der Waals surface area contributed by atoms with Crippen molar-refractivity contribution < 1.29 is 32.3 Å². The Morgan fingerprint density at radius 2 is 1.76 bits per heavy atom. The minimum atomic E-state index is -4.71. The van der Waals surface area contributed by atoms with Gasteiger partial charge in [-0.1, -0.05) is 12.1 Å². The van der Waals surface area contributed by atoms with Crippen molar-refractivity contribution in [3.63, 3.8) is 0 Å². The fourth-order valence-electron chi connectivity index (χ4n) is 7.84. The second kappa shape index (κ2) is 13.3. The second-order valence-corrected chi connectivity index (χ2v) is 14.5. The third-order valence-corrected chi connectivity index (χ3v) is 10.7. The number of anilines is 1. The van der Waals surface area contributed by atoms with Gasteiger partial charge < -0.3 is 15.0 Å². The summed E-state index contributed by atoms with van der Waals surface area (Å²) in [4.78, 5) is 60.3. The quantitative estimate of drug-likeness (QED) is 0.217. The Labute approximate surface area is 308 Å². The number of Topliss-reactive ketones (excluding diaryl/α,β-unsaturated/α-hetero) is 1. The van der Waals surface area contributed by atoms with Gasteiger partial charge in [-0.15, -0.1) is 0 Å². The number of aromatic nitrogens is 6. The van der Waals surface area contributed by atoms with Crippen LogP contribution in [0.15, 0.2) is 54.9 Å². The Morgan fingerprint density at radius 1 is 0.981 bits per heavy atom. The van der Waals surface area contributed by atoms with Crippen molar-refractivity contribution in [2.75, 3.05) is 11.9 Å². The third-order valence-electron chi connectivity index (χ3n) is 10.7.